The molecule has 1 rings (SSSR count). The van der Waals surface area contributed by atoms with Crippen LogP contribution in [0.2, 0.25) is 0 Å². The van der Waals surface area contributed by atoms with Gasteiger partial charge in [0.2, 0.25) is 0 Å². The highest BCUT2D eigenvalue weighted by molar-refractivity contribution is 5.68. The molecule has 15 heavy (non-hydrogen) atoms. The summed E-state index contributed by atoms with van der Waals surface area (Å²) in [7, 11) is 0. The van der Waals surface area contributed by atoms with E-state index in [-0.39, 0.29) is 6.09 Å². The topological polar surface area (TPSA) is 29.5 Å². The molecule has 1 aliphatic heterocycles. The van der Waals surface area contributed by atoms with Gasteiger partial charge in [0.15, 0.2) is 0 Å². The van der Waals surface area contributed by atoms with Crippen molar-refractivity contribution in [3.63, 3.8) is 0 Å². The Kier molecular flexibility index (Phi) is 3.42. The van der Waals surface area contributed by atoms with Crippen molar-refractivity contribution in [2.75, 3.05) is 13.1 Å². The fourth-order valence-corrected chi connectivity index (χ4v) is 1.80. The van der Waals surface area contributed by atoms with Crippen molar-refractivity contribution < 1.29 is 9.53 Å². The molecule has 0 N–H and O–H groups in total. The molecule has 0 saturated carbocycles. The van der Waals surface area contributed by atoms with E-state index in [4.69, 9.17) is 4.74 Å². The molecule has 0 aromatic heterocycles. The van der Waals surface area contributed by atoms with Gasteiger partial charge in [0.1, 0.15) is 5.60 Å². The Balaban J connectivity index is 2.56. The lowest BCUT2D eigenvalue weighted by molar-refractivity contribution is 0.0215. The number of nitrogens with zero attached hydrogens (tertiary/aromatic N) is 1. The first-order valence-corrected chi connectivity index (χ1v) is 5.42. The number of likely N-dealkylation sites (tertiary alicyclic amines) is 1. The maximum absolute atomic E-state index is 11.8. The minimum absolute atomic E-state index is 0.227. The summed E-state index contributed by atoms with van der Waals surface area (Å²) in [5, 5.41) is 0. The van der Waals surface area contributed by atoms with Crippen LogP contribution in [0, 0.1) is 5.92 Å². The predicted molar refractivity (Wildman–Crippen MR) is 60.7 cm³/mol. The van der Waals surface area contributed by atoms with Gasteiger partial charge in [0.05, 0.1) is 0 Å². The summed E-state index contributed by atoms with van der Waals surface area (Å²) >= 11 is 0. The predicted octanol–water partition coefficient (Wildman–Crippen LogP) is 2.82. The molecule has 1 saturated heterocycles. The average Bonchev–Trinajstić information content (AvgIpc) is 1.98. The minimum Gasteiger partial charge on any atom is -0.444 e. The third kappa shape index (κ3) is 3.94. The van der Waals surface area contributed by atoms with E-state index in [1.54, 1.807) is 4.90 Å². The van der Waals surface area contributed by atoms with Crippen molar-refractivity contribution in [2.24, 2.45) is 5.92 Å². The van der Waals surface area contributed by atoms with Gasteiger partial charge in [-0.05, 0) is 33.1 Å². The number of ether oxygens (including phenoxy) is 1. The maximum Gasteiger partial charge on any atom is 0.410 e. The highest BCUT2D eigenvalue weighted by Gasteiger charge is 2.27. The normalized spacial score (nSPS) is 22.8. The number of rotatable bonds is 0. The molecule has 0 spiro atoms. The van der Waals surface area contributed by atoms with Crippen LogP contribution in [-0.4, -0.2) is 29.7 Å². The van der Waals surface area contributed by atoms with Crippen LogP contribution in [0.4, 0.5) is 4.79 Å². The lowest BCUT2D eigenvalue weighted by Gasteiger charge is -2.33. The second kappa shape index (κ2) is 4.25. The van der Waals surface area contributed by atoms with Gasteiger partial charge in [-0.25, -0.2) is 4.79 Å². The number of carbonyl (C=O) groups excluding carboxylic acids is 1. The van der Waals surface area contributed by atoms with Crippen molar-refractivity contribution in [2.45, 2.75) is 39.7 Å². The van der Waals surface area contributed by atoms with Crippen LogP contribution >= 0.6 is 0 Å². The van der Waals surface area contributed by atoms with Crippen LogP contribution in [0.5, 0.6) is 0 Å². The van der Waals surface area contributed by atoms with Gasteiger partial charge in [-0.3, -0.25) is 0 Å². The number of hydrogen-bond acceptors (Lipinski definition) is 2. The smallest absolute Gasteiger partial charge is 0.410 e. The summed E-state index contributed by atoms with van der Waals surface area (Å²) in [4.78, 5) is 13.5. The first-order chi connectivity index (χ1) is 6.78. The summed E-state index contributed by atoms with van der Waals surface area (Å²) < 4.78 is 5.32. The number of amides is 1. The highest BCUT2D eigenvalue weighted by atomic mass is 16.6. The molecule has 0 aromatic carbocycles. The lowest BCUT2D eigenvalue weighted by atomic mass is 9.97. The third-order valence-corrected chi connectivity index (χ3v) is 2.24. The monoisotopic (exact) mass is 211 g/mol. The average molecular weight is 211 g/mol. The Morgan fingerprint density at radius 1 is 1.53 bits per heavy atom. The van der Waals surface area contributed by atoms with Crippen LogP contribution in [0.15, 0.2) is 12.2 Å². The van der Waals surface area contributed by atoms with Crippen LogP contribution in [0.25, 0.3) is 0 Å². The largest absolute Gasteiger partial charge is 0.444 e. The molecule has 3 heteroatoms. The molecule has 0 aromatic rings. The first-order valence-electron chi connectivity index (χ1n) is 5.42. The second-order valence-corrected chi connectivity index (χ2v) is 5.42. The van der Waals surface area contributed by atoms with Gasteiger partial charge >= 0.3 is 6.09 Å². The van der Waals surface area contributed by atoms with Gasteiger partial charge in [-0.15, -0.1) is 0 Å². The van der Waals surface area contributed by atoms with Crippen LogP contribution < -0.4 is 0 Å². The van der Waals surface area contributed by atoms with Crippen molar-refractivity contribution in [3.05, 3.63) is 12.2 Å². The summed E-state index contributed by atoms with van der Waals surface area (Å²) in [5.41, 5.74) is 0.693. The first kappa shape index (κ1) is 12.1. The van der Waals surface area contributed by atoms with E-state index in [9.17, 15) is 4.79 Å². The van der Waals surface area contributed by atoms with E-state index >= 15 is 0 Å². The quantitative estimate of drug-likeness (QED) is 0.577. The zero-order valence-corrected chi connectivity index (χ0v) is 10.2. The van der Waals surface area contributed by atoms with Crippen molar-refractivity contribution in [1.82, 2.24) is 4.90 Å². The Labute approximate surface area is 92.1 Å². The van der Waals surface area contributed by atoms with Crippen molar-refractivity contribution in [3.8, 4) is 0 Å². The zero-order chi connectivity index (χ0) is 11.6. The Bertz CT molecular complexity index is 265. The number of hydrogen-bond donors (Lipinski definition) is 0. The summed E-state index contributed by atoms with van der Waals surface area (Å²) in [5.74, 6) is 0.485. The summed E-state index contributed by atoms with van der Waals surface area (Å²) in [6.07, 6.45) is 0.787. The summed E-state index contributed by atoms with van der Waals surface area (Å²) in [6.45, 7) is 13.1. The second-order valence-electron chi connectivity index (χ2n) is 5.42. The standard InChI is InChI=1S/C12H21NO2/c1-9-6-10(2)8-13(7-9)11(14)15-12(3,4)5/h10H,1,6-8H2,2-5H3. The van der Waals surface area contributed by atoms with E-state index in [0.29, 0.717) is 12.5 Å². The molecule has 1 atom stereocenters. The molecule has 1 fully saturated rings. The van der Waals surface area contributed by atoms with Crippen LogP contribution in [0.3, 0.4) is 0 Å². The molecule has 0 radical (unpaired) electrons. The molecule has 3 nitrogen and oxygen atoms in total. The zero-order valence-electron chi connectivity index (χ0n) is 10.2. The van der Waals surface area contributed by atoms with Gasteiger partial charge in [-0.2, -0.15) is 0 Å². The SMILES string of the molecule is C=C1CC(C)CN(C(=O)OC(C)(C)C)C1. The Morgan fingerprint density at radius 2 is 2.13 bits per heavy atom. The number of piperidine rings is 1. The van der Waals surface area contributed by atoms with E-state index in [1.165, 1.54) is 0 Å². The fraction of sp³-hybridized carbons (Fsp3) is 0.750. The Morgan fingerprint density at radius 3 is 2.60 bits per heavy atom. The molecule has 0 aliphatic carbocycles. The van der Waals surface area contributed by atoms with Crippen LogP contribution in [0.1, 0.15) is 34.1 Å². The third-order valence-electron chi connectivity index (χ3n) is 2.24. The molecular formula is C12H21NO2. The van der Waals surface area contributed by atoms with E-state index in [2.05, 4.69) is 13.5 Å². The van der Waals surface area contributed by atoms with Gasteiger partial charge in [0, 0.05) is 13.1 Å². The maximum atomic E-state index is 11.8. The fourth-order valence-electron chi connectivity index (χ4n) is 1.80. The van der Waals surface area contributed by atoms with E-state index in [0.717, 1.165) is 18.5 Å². The molecule has 0 bridgehead atoms. The van der Waals surface area contributed by atoms with Gasteiger partial charge < -0.3 is 9.64 Å². The molecule has 1 heterocycles. The summed E-state index contributed by atoms with van der Waals surface area (Å²) in [6, 6.07) is 0. The van der Waals surface area contributed by atoms with Crippen LogP contribution in [-0.2, 0) is 4.74 Å². The molecule has 1 amide bonds. The lowest BCUT2D eigenvalue weighted by Crippen LogP contribution is -2.43. The van der Waals surface area contributed by atoms with E-state index < -0.39 is 5.60 Å². The van der Waals surface area contributed by atoms with Crippen molar-refractivity contribution in [1.29, 1.82) is 0 Å². The van der Waals surface area contributed by atoms with Crippen molar-refractivity contribution >= 4 is 6.09 Å². The minimum atomic E-state index is -0.418. The highest BCUT2D eigenvalue weighted by Crippen LogP contribution is 2.21. The van der Waals surface area contributed by atoms with Gasteiger partial charge in [0.25, 0.3) is 0 Å². The Hall–Kier alpha value is -0.990. The molecule has 1 aliphatic rings. The van der Waals surface area contributed by atoms with Gasteiger partial charge in [-0.1, -0.05) is 19.1 Å². The molecule has 86 valence electrons. The number of carbonyl (C=O) groups is 1. The van der Waals surface area contributed by atoms with E-state index in [1.807, 2.05) is 20.8 Å². The molecule has 1 unspecified atom stereocenters. The molecular weight excluding hydrogens is 190 g/mol.